The van der Waals surface area contributed by atoms with Crippen LogP contribution in [-0.2, 0) is 25.2 Å². The number of phosphoric acid groups is 1. The molecule has 0 saturated carbocycles. The fraction of sp³-hybridized carbons (Fsp3) is 0.444. The van der Waals surface area contributed by atoms with Crippen LogP contribution in [0.2, 0.25) is 0 Å². The molecule has 7 N–H and O–H groups in total. The number of phosphoric ester groups is 1. The number of aliphatic hydroxyl groups is 2. The third-order valence-corrected chi connectivity index (χ3v) is 5.70. The van der Waals surface area contributed by atoms with E-state index in [4.69, 9.17) is 18.9 Å². The van der Waals surface area contributed by atoms with Gasteiger partial charge in [-0.15, -0.1) is 0 Å². The van der Waals surface area contributed by atoms with Gasteiger partial charge in [-0.2, -0.15) is 4.98 Å². The number of ether oxygens (including phenoxy) is 1. The number of carbonyl (C=O) groups is 1. The fourth-order valence-electron chi connectivity index (χ4n) is 3.46. The summed E-state index contributed by atoms with van der Waals surface area (Å²) in [6, 6.07) is 2.57. The van der Waals surface area contributed by atoms with Crippen molar-refractivity contribution in [3.8, 4) is 0 Å². The molecule has 1 amide bonds. The van der Waals surface area contributed by atoms with Crippen molar-refractivity contribution < 1.29 is 43.0 Å². The maximum atomic E-state index is 12.5. The number of anilines is 1. The van der Waals surface area contributed by atoms with Crippen molar-refractivity contribution in [2.24, 2.45) is 0 Å². The Labute approximate surface area is 196 Å². The number of imidazole rings is 1. The largest absolute Gasteiger partial charge is 0.469 e. The van der Waals surface area contributed by atoms with Crippen LogP contribution in [0.4, 0.5) is 5.95 Å². The lowest BCUT2D eigenvalue weighted by Crippen LogP contribution is -2.38. The number of nitrogens with one attached hydrogen (secondary N) is 3. The van der Waals surface area contributed by atoms with Gasteiger partial charge in [0.05, 0.1) is 25.7 Å². The third kappa shape index (κ3) is 5.59. The first-order chi connectivity index (χ1) is 16.5. The maximum Gasteiger partial charge on any atom is 0.469 e. The van der Waals surface area contributed by atoms with Crippen molar-refractivity contribution in [2.75, 3.05) is 11.9 Å². The fourth-order valence-corrected chi connectivity index (χ4v) is 3.80. The summed E-state index contributed by atoms with van der Waals surface area (Å²) in [6.45, 7) is 1.02. The van der Waals surface area contributed by atoms with Gasteiger partial charge in [0.15, 0.2) is 17.4 Å². The Kier molecular flexibility index (Phi) is 7.05. The first-order valence-electron chi connectivity index (χ1n) is 10.3. The van der Waals surface area contributed by atoms with Gasteiger partial charge in [-0.1, -0.05) is 0 Å². The Balaban J connectivity index is 1.51. The van der Waals surface area contributed by atoms with Crippen LogP contribution in [0.1, 0.15) is 18.9 Å². The van der Waals surface area contributed by atoms with E-state index in [2.05, 4.69) is 30.1 Å². The molecule has 0 aromatic carbocycles. The number of furan rings is 1. The number of aliphatic hydroxyl groups excluding tert-OH is 2. The summed E-state index contributed by atoms with van der Waals surface area (Å²) in [4.78, 5) is 53.3. The minimum absolute atomic E-state index is 0.0350. The molecule has 0 radical (unpaired) electrons. The highest BCUT2D eigenvalue weighted by molar-refractivity contribution is 7.46. The molecular formula is C18H23N6O10P. The Hall–Kier alpha value is -3.11. The Morgan fingerprint density at radius 3 is 2.83 bits per heavy atom. The van der Waals surface area contributed by atoms with Gasteiger partial charge in [-0.25, -0.2) is 9.55 Å². The summed E-state index contributed by atoms with van der Waals surface area (Å²) < 4.78 is 27.1. The van der Waals surface area contributed by atoms with Crippen LogP contribution in [0.5, 0.6) is 0 Å². The highest BCUT2D eigenvalue weighted by Crippen LogP contribution is 2.38. The zero-order valence-electron chi connectivity index (χ0n) is 18.1. The molecule has 3 aromatic heterocycles. The van der Waals surface area contributed by atoms with Crippen molar-refractivity contribution in [3.05, 3.63) is 40.8 Å². The van der Waals surface area contributed by atoms with E-state index in [0.29, 0.717) is 5.76 Å². The predicted molar refractivity (Wildman–Crippen MR) is 116 cm³/mol. The SMILES string of the molecule is C[C@@H](Nc1nc2c(ncn2[C@@H]2O[C@H](COP(=O)(O)O)[C@@H](O)[C@H]2O)c(=O)[nH]1)C(=O)NCc1ccco1. The summed E-state index contributed by atoms with van der Waals surface area (Å²) in [5, 5.41) is 26.1. The number of rotatable bonds is 9. The number of hydrogen-bond donors (Lipinski definition) is 7. The first-order valence-corrected chi connectivity index (χ1v) is 11.8. The van der Waals surface area contributed by atoms with Gasteiger partial charge >= 0.3 is 7.82 Å². The van der Waals surface area contributed by atoms with E-state index in [1.165, 1.54) is 10.8 Å². The lowest BCUT2D eigenvalue weighted by Gasteiger charge is -2.17. The Bertz CT molecular complexity index is 1290. The summed E-state index contributed by atoms with van der Waals surface area (Å²) >= 11 is 0. The number of carbonyl (C=O) groups excluding carboxylic acids is 1. The minimum atomic E-state index is -4.83. The molecule has 0 aliphatic carbocycles. The van der Waals surface area contributed by atoms with E-state index in [-0.39, 0.29) is 23.7 Å². The van der Waals surface area contributed by atoms with E-state index >= 15 is 0 Å². The van der Waals surface area contributed by atoms with Crippen molar-refractivity contribution in [1.29, 1.82) is 0 Å². The van der Waals surface area contributed by atoms with Crippen LogP contribution < -0.4 is 16.2 Å². The number of H-pyrrole nitrogens is 1. The summed E-state index contributed by atoms with van der Waals surface area (Å²) in [7, 11) is -4.83. The molecule has 35 heavy (non-hydrogen) atoms. The topological polar surface area (TPSA) is 234 Å². The number of fused-ring (bicyclic) bond motifs is 1. The third-order valence-electron chi connectivity index (χ3n) is 5.21. The van der Waals surface area contributed by atoms with Gasteiger partial charge in [0, 0.05) is 0 Å². The molecule has 1 saturated heterocycles. The molecule has 17 heteroatoms. The Morgan fingerprint density at radius 1 is 1.37 bits per heavy atom. The standard InChI is InChI=1S/C18H23N6O10P/c1-8(15(27)19-5-9-3-2-4-32-9)21-18-22-14-11(16(28)23-18)20-7-24(14)17-13(26)12(25)10(34-17)6-33-35(29,30)31/h2-4,7-8,10,12-13,17,25-26H,5-6H2,1H3,(H,19,27)(H2,29,30,31)(H2,21,22,23,28)/t8-,10-,12-,13-,17-/m1/s1. The van der Waals surface area contributed by atoms with E-state index in [1.54, 1.807) is 19.1 Å². The highest BCUT2D eigenvalue weighted by atomic mass is 31.2. The van der Waals surface area contributed by atoms with E-state index in [0.717, 1.165) is 6.33 Å². The zero-order valence-corrected chi connectivity index (χ0v) is 19.0. The monoisotopic (exact) mass is 514 g/mol. The second kappa shape index (κ2) is 9.87. The molecule has 4 heterocycles. The van der Waals surface area contributed by atoms with E-state index in [1.807, 2.05) is 0 Å². The molecule has 0 spiro atoms. The molecule has 3 aromatic rings. The van der Waals surface area contributed by atoms with Gasteiger partial charge in [0.25, 0.3) is 5.56 Å². The van der Waals surface area contributed by atoms with Crippen molar-refractivity contribution >= 4 is 30.8 Å². The molecule has 1 aliphatic rings. The normalized spacial score (nSPS) is 23.5. The number of amides is 1. The molecule has 4 rings (SSSR count). The van der Waals surface area contributed by atoms with Gasteiger partial charge in [0.2, 0.25) is 11.9 Å². The number of nitrogens with zero attached hydrogens (tertiary/aromatic N) is 3. The number of hydrogen-bond acceptors (Lipinski definition) is 11. The molecule has 5 atom stereocenters. The lowest BCUT2D eigenvalue weighted by molar-refractivity contribution is -0.121. The Morgan fingerprint density at radius 2 is 2.14 bits per heavy atom. The van der Waals surface area contributed by atoms with Crippen LogP contribution in [0, 0.1) is 0 Å². The van der Waals surface area contributed by atoms with Crippen LogP contribution >= 0.6 is 7.82 Å². The van der Waals surface area contributed by atoms with E-state index < -0.39 is 56.5 Å². The van der Waals surface area contributed by atoms with Crippen molar-refractivity contribution in [3.63, 3.8) is 0 Å². The van der Waals surface area contributed by atoms with Crippen LogP contribution in [0.3, 0.4) is 0 Å². The predicted octanol–water partition coefficient (Wildman–Crippen LogP) is -1.44. The molecule has 16 nitrogen and oxygen atoms in total. The smallest absolute Gasteiger partial charge is 0.467 e. The van der Waals surface area contributed by atoms with E-state index in [9.17, 15) is 24.4 Å². The molecule has 1 fully saturated rings. The molecule has 0 bridgehead atoms. The quantitative estimate of drug-likeness (QED) is 0.162. The summed E-state index contributed by atoms with van der Waals surface area (Å²) in [6.07, 6.45) is -3.05. The highest BCUT2D eigenvalue weighted by Gasteiger charge is 2.45. The average molecular weight is 514 g/mol. The molecule has 0 unspecified atom stereocenters. The molecule has 190 valence electrons. The summed E-state index contributed by atoms with van der Waals surface area (Å²) in [5.74, 6) is 0.0896. The number of aromatic amines is 1. The molecule has 1 aliphatic heterocycles. The van der Waals surface area contributed by atoms with Crippen LogP contribution in [-0.4, -0.2) is 76.4 Å². The molecular weight excluding hydrogens is 491 g/mol. The van der Waals surface area contributed by atoms with Gasteiger partial charge in [0.1, 0.15) is 30.1 Å². The van der Waals surface area contributed by atoms with Gasteiger partial charge in [-0.05, 0) is 19.1 Å². The van der Waals surface area contributed by atoms with Crippen molar-refractivity contribution in [2.45, 2.75) is 44.1 Å². The first kappa shape index (κ1) is 25.0. The van der Waals surface area contributed by atoms with Crippen LogP contribution in [0.15, 0.2) is 33.9 Å². The van der Waals surface area contributed by atoms with Gasteiger partial charge in [-0.3, -0.25) is 23.7 Å². The van der Waals surface area contributed by atoms with Crippen molar-refractivity contribution in [1.82, 2.24) is 24.8 Å². The zero-order chi connectivity index (χ0) is 25.3. The second-order valence-electron chi connectivity index (χ2n) is 7.73. The summed E-state index contributed by atoms with van der Waals surface area (Å²) in [5.41, 5.74) is -0.785. The van der Waals surface area contributed by atoms with Crippen LogP contribution in [0.25, 0.3) is 11.2 Å². The average Bonchev–Trinajstić information content (AvgIpc) is 3.51. The lowest BCUT2D eigenvalue weighted by atomic mass is 10.1. The maximum absolute atomic E-state index is 12.5. The minimum Gasteiger partial charge on any atom is -0.467 e. The second-order valence-corrected chi connectivity index (χ2v) is 8.97. The van der Waals surface area contributed by atoms with Gasteiger partial charge < -0.3 is 39.8 Å². The number of aromatic nitrogens is 4.